The first-order valence-electron chi connectivity index (χ1n) is 5.78. The van der Waals surface area contributed by atoms with Crippen molar-refractivity contribution < 1.29 is 8.42 Å². The predicted octanol–water partition coefficient (Wildman–Crippen LogP) is 0.949. The summed E-state index contributed by atoms with van der Waals surface area (Å²) in [6, 6.07) is 7.95. The van der Waals surface area contributed by atoms with Gasteiger partial charge in [-0.3, -0.25) is 0 Å². The fourth-order valence-electron chi connectivity index (χ4n) is 2.06. The number of nitrogens with two attached hydrogens (primary N) is 1. The Labute approximate surface area is 119 Å². The summed E-state index contributed by atoms with van der Waals surface area (Å²) in [4.78, 5) is 0.235. The fraction of sp³-hybridized carbons (Fsp3) is 0.417. The van der Waals surface area contributed by atoms with Crippen molar-refractivity contribution >= 4 is 22.4 Å². The first-order chi connectivity index (χ1) is 8.57. The number of sulfonamides is 1. The van der Waals surface area contributed by atoms with Gasteiger partial charge in [0.2, 0.25) is 10.0 Å². The standard InChI is InChI=1S/C12H15N3O2S.ClH/c13-7-10-1-3-12(4-2-10)18(16,17)15-6-5-11(8-14)9-15;/h1-4,11H,5-6,8-9,14H2;1H. The van der Waals surface area contributed by atoms with Crippen molar-refractivity contribution in [1.29, 1.82) is 5.26 Å². The highest BCUT2D eigenvalue weighted by Gasteiger charge is 2.31. The lowest BCUT2D eigenvalue weighted by molar-refractivity contribution is 0.459. The monoisotopic (exact) mass is 301 g/mol. The van der Waals surface area contributed by atoms with E-state index in [-0.39, 0.29) is 23.2 Å². The maximum absolute atomic E-state index is 12.3. The van der Waals surface area contributed by atoms with Crippen molar-refractivity contribution in [2.75, 3.05) is 19.6 Å². The van der Waals surface area contributed by atoms with Gasteiger partial charge in [-0.2, -0.15) is 9.57 Å². The van der Waals surface area contributed by atoms with Crippen LogP contribution in [0.2, 0.25) is 0 Å². The second-order valence-corrected chi connectivity index (χ2v) is 6.33. The molecule has 1 aliphatic rings. The third-order valence-corrected chi connectivity index (χ3v) is 5.08. The highest BCUT2D eigenvalue weighted by atomic mass is 35.5. The molecule has 0 amide bonds. The summed E-state index contributed by atoms with van der Waals surface area (Å²) in [5.41, 5.74) is 6.01. The van der Waals surface area contributed by atoms with Gasteiger partial charge in [-0.15, -0.1) is 12.4 Å². The van der Waals surface area contributed by atoms with Gasteiger partial charge in [-0.05, 0) is 43.1 Å². The van der Waals surface area contributed by atoms with Crippen LogP contribution in [0.15, 0.2) is 29.2 Å². The van der Waals surface area contributed by atoms with Crippen LogP contribution < -0.4 is 5.73 Å². The van der Waals surface area contributed by atoms with Gasteiger partial charge in [-0.1, -0.05) is 0 Å². The lowest BCUT2D eigenvalue weighted by Gasteiger charge is -2.16. The van der Waals surface area contributed by atoms with Crippen LogP contribution in [0.25, 0.3) is 0 Å². The Hall–Kier alpha value is -1.13. The molecule has 1 aromatic carbocycles. The summed E-state index contributed by atoms with van der Waals surface area (Å²) in [6.07, 6.45) is 0.812. The lowest BCUT2D eigenvalue weighted by atomic mass is 10.1. The molecule has 1 atom stereocenters. The van der Waals surface area contributed by atoms with Crippen LogP contribution in [0.5, 0.6) is 0 Å². The molecule has 1 heterocycles. The molecule has 0 radical (unpaired) electrons. The molecule has 0 saturated carbocycles. The molecule has 5 nitrogen and oxygen atoms in total. The Morgan fingerprint density at radius 3 is 2.47 bits per heavy atom. The summed E-state index contributed by atoms with van der Waals surface area (Å²) < 4.78 is 26.1. The molecule has 0 spiro atoms. The van der Waals surface area contributed by atoms with Gasteiger partial charge in [-0.25, -0.2) is 8.42 Å². The van der Waals surface area contributed by atoms with E-state index in [9.17, 15) is 8.42 Å². The molecule has 7 heteroatoms. The lowest BCUT2D eigenvalue weighted by Crippen LogP contribution is -2.30. The quantitative estimate of drug-likeness (QED) is 0.900. The Morgan fingerprint density at radius 1 is 1.37 bits per heavy atom. The van der Waals surface area contributed by atoms with E-state index >= 15 is 0 Å². The first kappa shape index (κ1) is 15.9. The van der Waals surface area contributed by atoms with Crippen LogP contribution in [0.4, 0.5) is 0 Å². The Bertz CT molecular complexity index is 566. The topological polar surface area (TPSA) is 87.2 Å². The minimum Gasteiger partial charge on any atom is -0.330 e. The Morgan fingerprint density at radius 2 is 2.00 bits per heavy atom. The van der Waals surface area contributed by atoms with E-state index in [0.717, 1.165) is 6.42 Å². The maximum atomic E-state index is 12.3. The molecule has 0 aliphatic carbocycles. The van der Waals surface area contributed by atoms with Crippen molar-refractivity contribution in [3.8, 4) is 6.07 Å². The summed E-state index contributed by atoms with van der Waals surface area (Å²) in [6.45, 7) is 1.52. The normalized spacial score (nSPS) is 19.7. The van der Waals surface area contributed by atoms with Crippen LogP contribution in [-0.2, 0) is 10.0 Å². The minimum absolute atomic E-state index is 0. The van der Waals surface area contributed by atoms with Crippen molar-refractivity contribution in [3.05, 3.63) is 29.8 Å². The summed E-state index contributed by atoms with van der Waals surface area (Å²) in [5, 5.41) is 8.69. The van der Waals surface area contributed by atoms with Gasteiger partial charge in [0.25, 0.3) is 0 Å². The Kier molecular flexibility index (Phi) is 5.32. The number of hydrogen-bond donors (Lipinski definition) is 1. The average molecular weight is 302 g/mol. The molecule has 1 unspecified atom stereocenters. The van der Waals surface area contributed by atoms with Crippen LogP contribution in [0, 0.1) is 17.2 Å². The van der Waals surface area contributed by atoms with Crippen LogP contribution in [0.1, 0.15) is 12.0 Å². The van der Waals surface area contributed by atoms with Crippen LogP contribution in [0.3, 0.4) is 0 Å². The second-order valence-electron chi connectivity index (χ2n) is 4.39. The first-order valence-corrected chi connectivity index (χ1v) is 7.22. The summed E-state index contributed by atoms with van der Waals surface area (Å²) in [5.74, 6) is 0.248. The molecule has 1 aliphatic heterocycles. The molecular weight excluding hydrogens is 286 g/mol. The van der Waals surface area contributed by atoms with Gasteiger partial charge in [0.1, 0.15) is 0 Å². The van der Waals surface area contributed by atoms with E-state index in [0.29, 0.717) is 25.2 Å². The minimum atomic E-state index is -3.44. The van der Waals surface area contributed by atoms with E-state index in [1.165, 1.54) is 28.6 Å². The third kappa shape index (κ3) is 3.25. The summed E-state index contributed by atoms with van der Waals surface area (Å²) in [7, 11) is -3.44. The molecule has 1 fully saturated rings. The molecule has 19 heavy (non-hydrogen) atoms. The zero-order valence-corrected chi connectivity index (χ0v) is 12.0. The number of halogens is 1. The van der Waals surface area contributed by atoms with E-state index < -0.39 is 10.0 Å². The fourth-order valence-corrected chi connectivity index (χ4v) is 3.59. The van der Waals surface area contributed by atoms with Gasteiger partial charge in [0, 0.05) is 13.1 Å². The van der Waals surface area contributed by atoms with Crippen molar-refractivity contribution in [3.63, 3.8) is 0 Å². The van der Waals surface area contributed by atoms with E-state index in [1.54, 1.807) is 0 Å². The van der Waals surface area contributed by atoms with Crippen molar-refractivity contribution in [2.45, 2.75) is 11.3 Å². The van der Waals surface area contributed by atoms with Gasteiger partial charge >= 0.3 is 0 Å². The van der Waals surface area contributed by atoms with Crippen LogP contribution >= 0.6 is 12.4 Å². The maximum Gasteiger partial charge on any atom is 0.243 e. The number of nitriles is 1. The molecule has 2 rings (SSSR count). The van der Waals surface area contributed by atoms with E-state index in [4.69, 9.17) is 11.0 Å². The number of nitrogens with zero attached hydrogens (tertiary/aromatic N) is 2. The summed E-state index contributed by atoms with van der Waals surface area (Å²) >= 11 is 0. The molecule has 1 aromatic rings. The van der Waals surface area contributed by atoms with Gasteiger partial charge < -0.3 is 5.73 Å². The zero-order valence-electron chi connectivity index (χ0n) is 10.3. The molecule has 0 aromatic heterocycles. The van der Waals surface area contributed by atoms with Crippen LogP contribution in [-0.4, -0.2) is 32.4 Å². The van der Waals surface area contributed by atoms with E-state index in [2.05, 4.69) is 0 Å². The molecule has 1 saturated heterocycles. The van der Waals surface area contributed by atoms with Crippen molar-refractivity contribution in [1.82, 2.24) is 4.31 Å². The predicted molar refractivity (Wildman–Crippen MR) is 74.3 cm³/mol. The highest BCUT2D eigenvalue weighted by molar-refractivity contribution is 7.89. The average Bonchev–Trinajstić information content (AvgIpc) is 2.88. The second kappa shape index (κ2) is 6.35. The number of hydrogen-bond acceptors (Lipinski definition) is 4. The smallest absolute Gasteiger partial charge is 0.243 e. The molecular formula is C12H16ClN3O2S. The van der Waals surface area contributed by atoms with E-state index in [1.807, 2.05) is 6.07 Å². The third-order valence-electron chi connectivity index (χ3n) is 3.20. The van der Waals surface area contributed by atoms with Gasteiger partial charge in [0.15, 0.2) is 0 Å². The molecule has 2 N–H and O–H groups in total. The Balaban J connectivity index is 0.00000180. The largest absolute Gasteiger partial charge is 0.330 e. The van der Waals surface area contributed by atoms with Crippen molar-refractivity contribution in [2.24, 2.45) is 11.7 Å². The van der Waals surface area contributed by atoms with Gasteiger partial charge in [0.05, 0.1) is 16.5 Å². The zero-order chi connectivity index (χ0) is 13.2. The molecule has 104 valence electrons. The molecule has 0 bridgehead atoms. The number of rotatable bonds is 3. The highest BCUT2D eigenvalue weighted by Crippen LogP contribution is 2.23. The number of benzene rings is 1. The SMILES string of the molecule is Cl.N#Cc1ccc(S(=O)(=O)N2CCC(CN)C2)cc1.